The molecule has 2 heterocycles. The van der Waals surface area contributed by atoms with Gasteiger partial charge >= 0.3 is 0 Å². The van der Waals surface area contributed by atoms with E-state index in [1.807, 2.05) is 0 Å². The van der Waals surface area contributed by atoms with Gasteiger partial charge in [-0.2, -0.15) is 0 Å². The molecule has 1 aromatic carbocycles. The van der Waals surface area contributed by atoms with Crippen LogP contribution in [0, 0.1) is 11.3 Å². The fourth-order valence-corrected chi connectivity index (χ4v) is 4.88. The molecule has 0 amide bonds. The molecule has 0 saturated carbocycles. The summed E-state index contributed by atoms with van der Waals surface area (Å²) in [5, 5.41) is 0. The Balaban J connectivity index is 1.97. The zero-order chi connectivity index (χ0) is 16.3. The second kappa shape index (κ2) is 4.82. The van der Waals surface area contributed by atoms with Gasteiger partial charge in [0.25, 0.3) is 0 Å². The third-order valence-corrected chi connectivity index (χ3v) is 6.46. The first-order valence-electron chi connectivity index (χ1n) is 8.61. The quantitative estimate of drug-likeness (QED) is 0.748. The van der Waals surface area contributed by atoms with Crippen molar-refractivity contribution in [2.24, 2.45) is 11.3 Å². The summed E-state index contributed by atoms with van der Waals surface area (Å²) in [6.07, 6.45) is 0. The minimum atomic E-state index is -0.0110. The molecule has 2 saturated heterocycles. The van der Waals surface area contributed by atoms with Crippen LogP contribution in [0.2, 0.25) is 0 Å². The SMILES string of the molecule is C[C@@H]1[C@@H](C(C)(C)C)N(Cc2ccccc2)[C@H](C)[C@]2(C)O[C@]12C. The molecule has 1 aromatic rings. The second-order valence-corrected chi connectivity index (χ2v) is 8.75. The highest BCUT2D eigenvalue weighted by molar-refractivity contribution is 5.26. The maximum atomic E-state index is 6.33. The first-order valence-corrected chi connectivity index (χ1v) is 8.61. The van der Waals surface area contributed by atoms with Crippen molar-refractivity contribution in [1.29, 1.82) is 0 Å². The minimum Gasteiger partial charge on any atom is -0.361 e. The largest absolute Gasteiger partial charge is 0.361 e. The van der Waals surface area contributed by atoms with Crippen LogP contribution in [-0.2, 0) is 11.3 Å². The predicted octanol–water partition coefficient (Wildman–Crippen LogP) is 4.49. The summed E-state index contributed by atoms with van der Waals surface area (Å²) >= 11 is 0. The van der Waals surface area contributed by atoms with Gasteiger partial charge < -0.3 is 4.74 Å². The number of hydrogen-bond donors (Lipinski definition) is 0. The van der Waals surface area contributed by atoms with Gasteiger partial charge in [0.05, 0.1) is 0 Å². The van der Waals surface area contributed by atoms with Crippen LogP contribution < -0.4 is 0 Å². The monoisotopic (exact) mass is 301 g/mol. The molecule has 0 spiro atoms. The van der Waals surface area contributed by atoms with E-state index in [0.29, 0.717) is 18.0 Å². The van der Waals surface area contributed by atoms with E-state index in [1.54, 1.807) is 0 Å². The molecular formula is C20H31NO. The maximum Gasteiger partial charge on any atom is 0.110 e. The van der Waals surface area contributed by atoms with Crippen LogP contribution in [-0.4, -0.2) is 28.2 Å². The van der Waals surface area contributed by atoms with Gasteiger partial charge in [0.2, 0.25) is 0 Å². The zero-order valence-electron chi connectivity index (χ0n) is 15.2. The predicted molar refractivity (Wildman–Crippen MR) is 91.7 cm³/mol. The summed E-state index contributed by atoms with van der Waals surface area (Å²) in [4.78, 5) is 2.69. The van der Waals surface area contributed by atoms with Crippen LogP contribution in [0.1, 0.15) is 54.0 Å². The molecule has 2 aliphatic heterocycles. The van der Waals surface area contributed by atoms with Gasteiger partial charge in [-0.05, 0) is 31.7 Å². The lowest BCUT2D eigenvalue weighted by Crippen LogP contribution is -2.63. The number of hydrogen-bond acceptors (Lipinski definition) is 2. The summed E-state index contributed by atoms with van der Waals surface area (Å²) in [7, 11) is 0. The summed E-state index contributed by atoms with van der Waals surface area (Å²) in [6, 6.07) is 11.8. The van der Waals surface area contributed by atoms with E-state index < -0.39 is 0 Å². The summed E-state index contributed by atoms with van der Waals surface area (Å²) < 4.78 is 6.33. The molecule has 2 aliphatic rings. The minimum absolute atomic E-state index is 0.0110. The van der Waals surface area contributed by atoms with Gasteiger partial charge in [-0.25, -0.2) is 0 Å². The van der Waals surface area contributed by atoms with Gasteiger partial charge in [-0.3, -0.25) is 4.90 Å². The van der Waals surface area contributed by atoms with Crippen LogP contribution in [0.4, 0.5) is 0 Å². The molecule has 0 aliphatic carbocycles. The lowest BCUT2D eigenvalue weighted by Gasteiger charge is -2.52. The lowest BCUT2D eigenvalue weighted by atomic mass is 9.65. The van der Waals surface area contributed by atoms with Crippen LogP contribution in [0.5, 0.6) is 0 Å². The Kier molecular flexibility index (Phi) is 3.51. The van der Waals surface area contributed by atoms with Crippen LogP contribution in [0.3, 0.4) is 0 Å². The first-order chi connectivity index (χ1) is 10.1. The molecule has 5 atom stereocenters. The molecule has 3 rings (SSSR count). The smallest absolute Gasteiger partial charge is 0.110 e. The van der Waals surface area contributed by atoms with Crippen molar-refractivity contribution in [3.05, 3.63) is 35.9 Å². The Morgan fingerprint density at radius 3 is 2.18 bits per heavy atom. The zero-order valence-corrected chi connectivity index (χ0v) is 15.2. The standard InChI is InChI=1S/C20H31NO/c1-14-17(18(3,4)5)21(13-16-11-9-8-10-12-16)15(2)20(7)19(14,6)22-20/h8-12,14-15,17H,13H2,1-7H3/t14-,15-,17+,19-,20+/m1/s1. The molecule has 2 heteroatoms. The third kappa shape index (κ3) is 2.15. The Labute approximate surface area is 135 Å². The van der Waals surface area contributed by atoms with Crippen LogP contribution in [0.15, 0.2) is 30.3 Å². The fraction of sp³-hybridized carbons (Fsp3) is 0.700. The number of piperidine rings is 1. The molecule has 2 nitrogen and oxygen atoms in total. The number of rotatable bonds is 2. The molecule has 0 aromatic heterocycles. The van der Waals surface area contributed by atoms with E-state index in [2.05, 4.69) is 83.7 Å². The van der Waals surface area contributed by atoms with E-state index in [4.69, 9.17) is 4.74 Å². The molecule has 0 bridgehead atoms. The topological polar surface area (TPSA) is 15.8 Å². The summed E-state index contributed by atoms with van der Waals surface area (Å²) in [5.41, 5.74) is 1.64. The molecule has 2 fully saturated rings. The molecule has 122 valence electrons. The highest BCUT2D eigenvalue weighted by atomic mass is 16.6. The Bertz CT molecular complexity index is 549. The number of nitrogens with zero attached hydrogens (tertiary/aromatic N) is 1. The summed E-state index contributed by atoms with van der Waals surface area (Å²) in [5.74, 6) is 0.525. The number of epoxide rings is 1. The van der Waals surface area contributed by atoms with Crippen molar-refractivity contribution in [3.8, 4) is 0 Å². The van der Waals surface area contributed by atoms with Crippen molar-refractivity contribution in [1.82, 2.24) is 4.90 Å². The number of benzene rings is 1. The van der Waals surface area contributed by atoms with Gasteiger partial charge in [0.1, 0.15) is 11.2 Å². The average molecular weight is 301 g/mol. The number of likely N-dealkylation sites (tertiary alicyclic amines) is 1. The fourth-order valence-electron chi connectivity index (χ4n) is 4.88. The second-order valence-electron chi connectivity index (χ2n) is 8.75. The van der Waals surface area contributed by atoms with Gasteiger partial charge in [0, 0.05) is 24.5 Å². The Morgan fingerprint density at radius 2 is 1.64 bits per heavy atom. The maximum absolute atomic E-state index is 6.33. The normalized spacial score (nSPS) is 42.0. The van der Waals surface area contributed by atoms with E-state index in [-0.39, 0.29) is 16.6 Å². The van der Waals surface area contributed by atoms with Crippen LogP contribution >= 0.6 is 0 Å². The van der Waals surface area contributed by atoms with Crippen molar-refractivity contribution < 1.29 is 4.74 Å². The molecule has 0 radical (unpaired) electrons. The van der Waals surface area contributed by atoms with Gasteiger partial charge in [0.15, 0.2) is 0 Å². The highest BCUT2D eigenvalue weighted by Crippen LogP contribution is 2.62. The first kappa shape index (κ1) is 16.0. The highest BCUT2D eigenvalue weighted by Gasteiger charge is 2.74. The lowest BCUT2D eigenvalue weighted by molar-refractivity contribution is -0.0314. The van der Waals surface area contributed by atoms with E-state index in [9.17, 15) is 0 Å². The Morgan fingerprint density at radius 1 is 1.05 bits per heavy atom. The molecule has 22 heavy (non-hydrogen) atoms. The average Bonchev–Trinajstić information content (AvgIpc) is 3.02. The van der Waals surface area contributed by atoms with Crippen molar-refractivity contribution in [2.75, 3.05) is 0 Å². The van der Waals surface area contributed by atoms with E-state index in [1.165, 1.54) is 5.56 Å². The van der Waals surface area contributed by atoms with E-state index in [0.717, 1.165) is 6.54 Å². The van der Waals surface area contributed by atoms with Gasteiger partial charge in [-0.1, -0.05) is 58.0 Å². The van der Waals surface area contributed by atoms with Crippen molar-refractivity contribution >= 4 is 0 Å². The number of ether oxygens (including phenoxy) is 1. The molecular weight excluding hydrogens is 270 g/mol. The van der Waals surface area contributed by atoms with Crippen molar-refractivity contribution in [2.45, 2.75) is 78.3 Å². The van der Waals surface area contributed by atoms with E-state index >= 15 is 0 Å². The van der Waals surface area contributed by atoms with Crippen LogP contribution in [0.25, 0.3) is 0 Å². The number of fused-ring (bicyclic) bond motifs is 1. The third-order valence-electron chi connectivity index (χ3n) is 6.46. The van der Waals surface area contributed by atoms with Crippen molar-refractivity contribution in [3.63, 3.8) is 0 Å². The molecule has 0 N–H and O–H groups in total. The molecule has 0 unspecified atom stereocenters. The Hall–Kier alpha value is -0.860. The van der Waals surface area contributed by atoms with Gasteiger partial charge in [-0.15, -0.1) is 0 Å². The summed E-state index contributed by atoms with van der Waals surface area (Å²) in [6.45, 7) is 17.4.